The van der Waals surface area contributed by atoms with Gasteiger partial charge in [-0.25, -0.2) is 14.5 Å². The molecule has 1 N–H and O–H groups in total. The Hall–Kier alpha value is -3.63. The van der Waals surface area contributed by atoms with Gasteiger partial charge in [-0.05, 0) is 30.7 Å². The highest BCUT2D eigenvalue weighted by Gasteiger charge is 2.30. The van der Waals surface area contributed by atoms with Crippen molar-refractivity contribution in [2.45, 2.75) is 19.1 Å². The number of carbonyl (C=O) groups is 1. The van der Waals surface area contributed by atoms with E-state index in [1.165, 1.54) is 45.0 Å². The molecule has 4 rings (SSSR count). The maximum absolute atomic E-state index is 12.7. The number of nitrogens with one attached hydrogen (secondary N) is 1. The standard InChI is InChI=1S/C19H17F3N6O2/c1-26-11-23-16-10-27(7-6-15(16)17(26)29)18(30)25-13-8-24-28(9-13)14-4-2-12(3-5-14)19(20,21)22/h2-5,8-9,11H,6-7,10H2,1H3,(H,25,30). The molecule has 0 unspecified atom stereocenters. The van der Waals surface area contributed by atoms with Gasteiger partial charge in [0.25, 0.3) is 5.56 Å². The predicted molar refractivity (Wildman–Crippen MR) is 101 cm³/mol. The van der Waals surface area contributed by atoms with E-state index >= 15 is 0 Å². The molecule has 0 atom stereocenters. The molecule has 0 saturated carbocycles. The monoisotopic (exact) mass is 418 g/mol. The number of carbonyl (C=O) groups excluding carboxylic acids is 1. The van der Waals surface area contributed by atoms with Crippen LogP contribution in [0, 0.1) is 0 Å². The van der Waals surface area contributed by atoms with Gasteiger partial charge in [0.05, 0.1) is 47.9 Å². The Balaban J connectivity index is 1.44. The number of rotatable bonds is 2. The molecule has 30 heavy (non-hydrogen) atoms. The van der Waals surface area contributed by atoms with E-state index in [1.807, 2.05) is 0 Å². The normalized spacial score (nSPS) is 13.8. The van der Waals surface area contributed by atoms with Gasteiger partial charge in [-0.2, -0.15) is 18.3 Å². The molecule has 156 valence electrons. The van der Waals surface area contributed by atoms with Crippen molar-refractivity contribution in [3.8, 4) is 5.69 Å². The van der Waals surface area contributed by atoms with Crippen LogP contribution in [0.15, 0.2) is 47.8 Å². The van der Waals surface area contributed by atoms with Crippen molar-refractivity contribution in [2.75, 3.05) is 11.9 Å². The maximum Gasteiger partial charge on any atom is 0.416 e. The Morgan fingerprint density at radius 1 is 1.20 bits per heavy atom. The molecule has 0 fully saturated rings. The number of aryl methyl sites for hydroxylation is 1. The first-order valence-electron chi connectivity index (χ1n) is 9.04. The third-order valence-corrected chi connectivity index (χ3v) is 4.87. The molecule has 1 aliphatic heterocycles. The zero-order valence-electron chi connectivity index (χ0n) is 15.8. The summed E-state index contributed by atoms with van der Waals surface area (Å²) in [7, 11) is 1.63. The molecule has 1 aliphatic rings. The van der Waals surface area contributed by atoms with E-state index in [2.05, 4.69) is 15.4 Å². The van der Waals surface area contributed by atoms with Gasteiger partial charge >= 0.3 is 12.2 Å². The number of amides is 2. The second-order valence-electron chi connectivity index (χ2n) is 6.91. The van der Waals surface area contributed by atoms with Crippen LogP contribution >= 0.6 is 0 Å². The first-order chi connectivity index (χ1) is 14.2. The minimum atomic E-state index is -4.41. The van der Waals surface area contributed by atoms with Crippen molar-refractivity contribution in [1.29, 1.82) is 0 Å². The molecule has 8 nitrogen and oxygen atoms in total. The first-order valence-corrected chi connectivity index (χ1v) is 9.04. The van der Waals surface area contributed by atoms with Crippen molar-refractivity contribution in [1.82, 2.24) is 24.2 Å². The fourth-order valence-corrected chi connectivity index (χ4v) is 3.22. The van der Waals surface area contributed by atoms with Gasteiger partial charge in [-0.15, -0.1) is 0 Å². The Labute approximate surface area is 168 Å². The molecule has 0 saturated heterocycles. The van der Waals surface area contributed by atoms with Crippen molar-refractivity contribution < 1.29 is 18.0 Å². The maximum atomic E-state index is 12.7. The highest BCUT2D eigenvalue weighted by molar-refractivity contribution is 5.89. The third kappa shape index (κ3) is 3.78. The molecule has 0 spiro atoms. The van der Waals surface area contributed by atoms with E-state index < -0.39 is 11.7 Å². The fourth-order valence-electron chi connectivity index (χ4n) is 3.22. The van der Waals surface area contributed by atoms with E-state index in [0.29, 0.717) is 35.6 Å². The van der Waals surface area contributed by atoms with Crippen LogP contribution in [0.2, 0.25) is 0 Å². The summed E-state index contributed by atoms with van der Waals surface area (Å²) in [6.07, 6.45) is 0.340. The van der Waals surface area contributed by atoms with Crippen molar-refractivity contribution in [2.24, 2.45) is 7.05 Å². The van der Waals surface area contributed by atoms with Crippen LogP contribution in [0.1, 0.15) is 16.8 Å². The zero-order chi connectivity index (χ0) is 21.5. The van der Waals surface area contributed by atoms with E-state index in [0.717, 1.165) is 12.1 Å². The number of nitrogens with zero attached hydrogens (tertiary/aromatic N) is 5. The summed E-state index contributed by atoms with van der Waals surface area (Å²) in [4.78, 5) is 30.5. The number of aromatic nitrogens is 4. The number of alkyl halides is 3. The molecule has 0 bridgehead atoms. The Morgan fingerprint density at radius 2 is 1.93 bits per heavy atom. The van der Waals surface area contributed by atoms with E-state index in [9.17, 15) is 22.8 Å². The van der Waals surface area contributed by atoms with E-state index in [-0.39, 0.29) is 18.1 Å². The number of urea groups is 1. The number of hydrogen-bond donors (Lipinski definition) is 1. The van der Waals surface area contributed by atoms with Crippen molar-refractivity contribution >= 4 is 11.7 Å². The molecule has 0 aliphatic carbocycles. The largest absolute Gasteiger partial charge is 0.416 e. The van der Waals surface area contributed by atoms with Gasteiger partial charge in [-0.3, -0.25) is 4.79 Å². The van der Waals surface area contributed by atoms with Gasteiger partial charge in [-0.1, -0.05) is 0 Å². The second-order valence-corrected chi connectivity index (χ2v) is 6.91. The second kappa shape index (κ2) is 7.32. The van der Waals surface area contributed by atoms with Crippen LogP contribution in [-0.4, -0.2) is 36.8 Å². The van der Waals surface area contributed by atoms with Crippen LogP contribution in [0.25, 0.3) is 5.69 Å². The van der Waals surface area contributed by atoms with Crippen LogP contribution in [0.4, 0.5) is 23.7 Å². The Kier molecular flexibility index (Phi) is 4.80. The Bertz CT molecular complexity index is 1150. The molecular weight excluding hydrogens is 401 g/mol. The molecule has 3 aromatic rings. The number of halogens is 3. The summed E-state index contributed by atoms with van der Waals surface area (Å²) in [5.74, 6) is 0. The lowest BCUT2D eigenvalue weighted by molar-refractivity contribution is -0.137. The summed E-state index contributed by atoms with van der Waals surface area (Å²) in [6, 6.07) is 4.16. The van der Waals surface area contributed by atoms with Crippen LogP contribution in [0.3, 0.4) is 0 Å². The minimum absolute atomic E-state index is 0.113. The third-order valence-electron chi connectivity index (χ3n) is 4.87. The van der Waals surface area contributed by atoms with Crippen LogP contribution in [-0.2, 0) is 26.2 Å². The van der Waals surface area contributed by atoms with Gasteiger partial charge < -0.3 is 14.8 Å². The van der Waals surface area contributed by atoms with Gasteiger partial charge in [0.2, 0.25) is 0 Å². The molecule has 11 heteroatoms. The lowest BCUT2D eigenvalue weighted by Gasteiger charge is -2.27. The minimum Gasteiger partial charge on any atom is -0.318 e. The molecule has 2 aromatic heterocycles. The quantitative estimate of drug-likeness (QED) is 0.693. The summed E-state index contributed by atoms with van der Waals surface area (Å²) in [5.41, 5.74) is 1.14. The molecule has 0 radical (unpaired) electrons. The average molecular weight is 418 g/mol. The molecule has 1 aromatic carbocycles. The molecule has 3 heterocycles. The highest BCUT2D eigenvalue weighted by atomic mass is 19.4. The predicted octanol–water partition coefficient (Wildman–Crippen LogP) is 2.58. The van der Waals surface area contributed by atoms with E-state index in [1.54, 1.807) is 7.05 Å². The molecule has 2 amide bonds. The summed E-state index contributed by atoms with van der Waals surface area (Å²) < 4.78 is 40.8. The number of hydrogen-bond acceptors (Lipinski definition) is 4. The summed E-state index contributed by atoms with van der Waals surface area (Å²) >= 11 is 0. The smallest absolute Gasteiger partial charge is 0.318 e. The van der Waals surface area contributed by atoms with Gasteiger partial charge in [0, 0.05) is 19.2 Å². The lowest BCUT2D eigenvalue weighted by Crippen LogP contribution is -2.42. The highest BCUT2D eigenvalue weighted by Crippen LogP contribution is 2.29. The SMILES string of the molecule is Cn1cnc2c(c1=O)CCN(C(=O)Nc1cnn(-c3ccc(C(F)(F)F)cc3)c1)C2. The average Bonchev–Trinajstić information content (AvgIpc) is 3.18. The van der Waals surface area contributed by atoms with E-state index in [4.69, 9.17) is 0 Å². The number of anilines is 1. The van der Waals surface area contributed by atoms with Gasteiger partial charge in [0.1, 0.15) is 0 Å². The summed E-state index contributed by atoms with van der Waals surface area (Å²) in [6.45, 7) is 0.580. The zero-order valence-corrected chi connectivity index (χ0v) is 15.8. The van der Waals surface area contributed by atoms with Gasteiger partial charge in [0.15, 0.2) is 0 Å². The van der Waals surface area contributed by atoms with Crippen LogP contribution in [0.5, 0.6) is 0 Å². The molecular formula is C19H17F3N6O2. The summed E-state index contributed by atoms with van der Waals surface area (Å²) in [5, 5.41) is 6.79. The lowest BCUT2D eigenvalue weighted by atomic mass is 10.1. The van der Waals surface area contributed by atoms with Crippen molar-refractivity contribution in [3.63, 3.8) is 0 Å². The topological polar surface area (TPSA) is 85.1 Å². The fraction of sp³-hybridized carbons (Fsp3) is 0.263. The Morgan fingerprint density at radius 3 is 2.63 bits per heavy atom. The number of benzene rings is 1. The van der Waals surface area contributed by atoms with Crippen molar-refractivity contribution in [3.05, 3.63) is 70.2 Å². The van der Waals surface area contributed by atoms with Crippen LogP contribution < -0.4 is 10.9 Å². The number of fused-ring (bicyclic) bond motifs is 1. The first kappa shape index (κ1) is 19.7.